The smallest absolute Gasteiger partial charge is 0.274 e. The van der Waals surface area contributed by atoms with E-state index >= 15 is 0 Å². The first-order valence-corrected chi connectivity index (χ1v) is 7.44. The van der Waals surface area contributed by atoms with Gasteiger partial charge < -0.3 is 15.4 Å². The molecule has 0 saturated heterocycles. The lowest BCUT2D eigenvalue weighted by Crippen LogP contribution is -2.32. The van der Waals surface area contributed by atoms with Crippen LogP contribution < -0.4 is 5.73 Å². The highest BCUT2D eigenvalue weighted by atomic mass is 16.5. The van der Waals surface area contributed by atoms with Crippen LogP contribution in [0.4, 0.5) is 5.69 Å². The van der Waals surface area contributed by atoms with Crippen LogP contribution in [0.5, 0.6) is 0 Å². The number of aromatic nitrogens is 2. The topological polar surface area (TPSA) is 81.3 Å². The maximum Gasteiger partial charge on any atom is 0.274 e. The average Bonchev–Trinajstić information content (AvgIpc) is 3.27. The lowest BCUT2D eigenvalue weighted by Gasteiger charge is -2.18. The Morgan fingerprint density at radius 1 is 1.52 bits per heavy atom. The molecule has 1 saturated carbocycles. The van der Waals surface area contributed by atoms with Gasteiger partial charge >= 0.3 is 0 Å². The molecule has 1 aliphatic carbocycles. The fourth-order valence-electron chi connectivity index (χ4n) is 1.87. The molecule has 0 aliphatic heterocycles. The second-order valence-corrected chi connectivity index (χ2v) is 5.93. The Kier molecular flexibility index (Phi) is 5.12. The van der Waals surface area contributed by atoms with Gasteiger partial charge in [-0.2, -0.15) is 0 Å². The number of hydrogen-bond acceptors (Lipinski definition) is 5. The van der Waals surface area contributed by atoms with Crippen molar-refractivity contribution < 1.29 is 9.53 Å². The van der Waals surface area contributed by atoms with E-state index in [1.807, 2.05) is 13.8 Å². The highest BCUT2D eigenvalue weighted by molar-refractivity contribution is 5.96. The molecule has 0 aromatic carbocycles. The first kappa shape index (κ1) is 15.7. The minimum atomic E-state index is -0.188. The molecular formula is C15H24N4O2. The number of carbonyl (C=O) groups excluding carboxylic acids is 1. The van der Waals surface area contributed by atoms with Gasteiger partial charge in [0.05, 0.1) is 18.5 Å². The van der Waals surface area contributed by atoms with Gasteiger partial charge in [-0.25, -0.2) is 9.97 Å². The fourth-order valence-corrected chi connectivity index (χ4v) is 1.87. The van der Waals surface area contributed by atoms with Gasteiger partial charge in [0.1, 0.15) is 5.82 Å². The fraction of sp³-hybridized carbons (Fsp3) is 0.667. The number of nitrogen functional groups attached to an aromatic ring is 1. The Morgan fingerprint density at radius 2 is 2.24 bits per heavy atom. The summed E-state index contributed by atoms with van der Waals surface area (Å²) in [5, 5.41) is 0. The molecule has 0 radical (unpaired) electrons. The molecule has 1 aromatic heterocycles. The number of amides is 1. The van der Waals surface area contributed by atoms with Gasteiger partial charge in [0.2, 0.25) is 0 Å². The third-order valence-electron chi connectivity index (χ3n) is 3.52. The summed E-state index contributed by atoms with van der Waals surface area (Å²) < 4.78 is 5.55. The van der Waals surface area contributed by atoms with E-state index in [1.54, 1.807) is 11.9 Å². The molecule has 1 aliphatic rings. The van der Waals surface area contributed by atoms with Crippen molar-refractivity contribution in [3.05, 3.63) is 17.7 Å². The molecule has 1 aromatic rings. The molecule has 2 rings (SSSR count). The molecule has 0 bridgehead atoms. The largest absolute Gasteiger partial charge is 0.396 e. The van der Waals surface area contributed by atoms with Crippen molar-refractivity contribution in [2.24, 2.45) is 5.92 Å². The van der Waals surface area contributed by atoms with Gasteiger partial charge in [0, 0.05) is 26.1 Å². The molecule has 6 heteroatoms. The maximum absolute atomic E-state index is 12.4. The molecule has 116 valence electrons. The summed E-state index contributed by atoms with van der Waals surface area (Å²) in [6, 6.07) is 0. The van der Waals surface area contributed by atoms with Crippen molar-refractivity contribution >= 4 is 11.6 Å². The van der Waals surface area contributed by atoms with Crippen molar-refractivity contribution in [1.29, 1.82) is 0 Å². The number of ether oxygens (including phenoxy) is 1. The minimum Gasteiger partial charge on any atom is -0.396 e. The van der Waals surface area contributed by atoms with E-state index < -0.39 is 0 Å². The summed E-state index contributed by atoms with van der Waals surface area (Å²) >= 11 is 0. The molecule has 1 fully saturated rings. The van der Waals surface area contributed by atoms with Crippen LogP contribution in [0.15, 0.2) is 6.20 Å². The summed E-state index contributed by atoms with van der Waals surface area (Å²) in [5.74, 6) is 1.33. The van der Waals surface area contributed by atoms with Crippen LogP contribution in [0.3, 0.4) is 0 Å². The van der Waals surface area contributed by atoms with Gasteiger partial charge in [-0.15, -0.1) is 0 Å². The molecule has 6 nitrogen and oxygen atoms in total. The number of hydrogen-bond donors (Lipinski definition) is 1. The third-order valence-corrected chi connectivity index (χ3v) is 3.52. The number of carbonyl (C=O) groups is 1. The number of nitrogens with two attached hydrogens (primary N) is 1. The van der Waals surface area contributed by atoms with E-state index in [-0.39, 0.29) is 17.5 Å². The van der Waals surface area contributed by atoms with Gasteiger partial charge in [-0.3, -0.25) is 4.79 Å². The predicted molar refractivity (Wildman–Crippen MR) is 81.0 cm³/mol. The zero-order chi connectivity index (χ0) is 15.4. The van der Waals surface area contributed by atoms with Crippen LogP contribution in [-0.2, 0) is 4.74 Å². The second-order valence-electron chi connectivity index (χ2n) is 5.93. The summed E-state index contributed by atoms with van der Waals surface area (Å²) in [7, 11) is 1.74. The van der Waals surface area contributed by atoms with Crippen molar-refractivity contribution in [1.82, 2.24) is 14.9 Å². The van der Waals surface area contributed by atoms with Crippen LogP contribution >= 0.6 is 0 Å². The van der Waals surface area contributed by atoms with Gasteiger partial charge in [-0.05, 0) is 18.8 Å². The lowest BCUT2D eigenvalue weighted by molar-refractivity contribution is 0.0676. The quantitative estimate of drug-likeness (QED) is 0.773. The lowest BCUT2D eigenvalue weighted by atomic mass is 10.2. The Labute approximate surface area is 125 Å². The van der Waals surface area contributed by atoms with Crippen molar-refractivity contribution in [2.75, 3.05) is 32.5 Å². The number of nitrogens with zero attached hydrogens (tertiary/aromatic N) is 3. The predicted octanol–water partition coefficient (Wildman–Crippen LogP) is 1.68. The van der Waals surface area contributed by atoms with Crippen molar-refractivity contribution in [3.8, 4) is 0 Å². The normalized spacial score (nSPS) is 14.5. The Balaban J connectivity index is 1.92. The highest BCUT2D eigenvalue weighted by Gasteiger charge is 2.22. The standard InChI is InChI=1S/C15H24N4O2/c1-10(2)14-17-8-12(16)13(18-14)15(20)19(3)6-7-21-9-11-4-5-11/h8,10-11H,4-7,9,16H2,1-3H3. The van der Waals surface area contributed by atoms with E-state index in [2.05, 4.69) is 9.97 Å². The van der Waals surface area contributed by atoms with Crippen LogP contribution in [0.2, 0.25) is 0 Å². The summed E-state index contributed by atoms with van der Waals surface area (Å²) in [4.78, 5) is 22.4. The Bertz CT molecular complexity index is 500. The molecule has 0 atom stereocenters. The molecule has 0 spiro atoms. The van der Waals surface area contributed by atoms with Crippen molar-refractivity contribution in [2.45, 2.75) is 32.6 Å². The maximum atomic E-state index is 12.4. The number of rotatable bonds is 7. The van der Waals surface area contributed by atoms with E-state index in [1.165, 1.54) is 19.0 Å². The minimum absolute atomic E-state index is 0.157. The first-order chi connectivity index (χ1) is 9.99. The number of anilines is 1. The highest BCUT2D eigenvalue weighted by Crippen LogP contribution is 2.28. The molecule has 1 amide bonds. The SMILES string of the molecule is CC(C)c1ncc(N)c(C(=O)N(C)CCOCC2CC2)n1. The van der Waals surface area contributed by atoms with E-state index in [0.717, 1.165) is 12.5 Å². The summed E-state index contributed by atoms with van der Waals surface area (Å²) in [6.07, 6.45) is 4.04. The average molecular weight is 292 g/mol. The van der Waals surface area contributed by atoms with Crippen molar-refractivity contribution in [3.63, 3.8) is 0 Å². The first-order valence-electron chi connectivity index (χ1n) is 7.44. The molecule has 1 heterocycles. The van der Waals surface area contributed by atoms with E-state index in [0.29, 0.717) is 24.7 Å². The Hall–Kier alpha value is -1.69. The zero-order valence-electron chi connectivity index (χ0n) is 13.0. The van der Waals surface area contributed by atoms with Gasteiger partial charge in [0.15, 0.2) is 5.69 Å². The Morgan fingerprint density at radius 3 is 2.86 bits per heavy atom. The van der Waals surface area contributed by atoms with E-state index in [4.69, 9.17) is 10.5 Å². The van der Waals surface area contributed by atoms with Gasteiger partial charge in [-0.1, -0.05) is 13.8 Å². The van der Waals surface area contributed by atoms with Crippen LogP contribution in [-0.4, -0.2) is 47.6 Å². The molecule has 0 unspecified atom stereocenters. The molecular weight excluding hydrogens is 268 g/mol. The zero-order valence-corrected chi connectivity index (χ0v) is 13.0. The van der Waals surface area contributed by atoms with Crippen LogP contribution in [0, 0.1) is 5.92 Å². The van der Waals surface area contributed by atoms with Crippen LogP contribution in [0.25, 0.3) is 0 Å². The van der Waals surface area contributed by atoms with Gasteiger partial charge in [0.25, 0.3) is 5.91 Å². The van der Waals surface area contributed by atoms with Crippen LogP contribution in [0.1, 0.15) is 48.9 Å². The second kappa shape index (κ2) is 6.85. The molecule has 2 N–H and O–H groups in total. The third kappa shape index (κ3) is 4.39. The monoisotopic (exact) mass is 292 g/mol. The number of likely N-dealkylation sites (N-methyl/N-ethyl adjacent to an activating group) is 1. The van der Waals surface area contributed by atoms with E-state index in [9.17, 15) is 4.79 Å². The molecule has 21 heavy (non-hydrogen) atoms. The summed E-state index contributed by atoms with van der Waals surface area (Å²) in [6.45, 7) is 5.84. The summed E-state index contributed by atoms with van der Waals surface area (Å²) in [5.41, 5.74) is 6.42.